The first-order chi connectivity index (χ1) is 14.4. The number of carbonyl (C=O) groups is 2. The summed E-state index contributed by atoms with van der Waals surface area (Å²) in [6.45, 7) is 4.13. The molecule has 0 fully saturated rings. The minimum atomic E-state index is -0.662. The number of carbonyl (C=O) groups excluding carboxylic acids is 2. The average molecular weight is 402 g/mol. The number of urea groups is 1. The first kappa shape index (κ1) is 21.1. The molecule has 0 aliphatic carbocycles. The van der Waals surface area contributed by atoms with Gasteiger partial charge in [-0.25, -0.2) is 4.79 Å². The number of amides is 3. The van der Waals surface area contributed by atoms with E-state index in [1.165, 1.54) is 11.1 Å². The summed E-state index contributed by atoms with van der Waals surface area (Å²) in [4.78, 5) is 24.5. The van der Waals surface area contributed by atoms with E-state index in [2.05, 4.69) is 36.6 Å². The minimum Gasteiger partial charge on any atom is -0.352 e. The molecule has 0 aromatic heterocycles. The van der Waals surface area contributed by atoms with Crippen molar-refractivity contribution in [1.29, 1.82) is 0 Å². The van der Waals surface area contributed by atoms with Gasteiger partial charge in [0.1, 0.15) is 0 Å². The Bertz CT molecular complexity index is 1000. The van der Waals surface area contributed by atoms with Crippen molar-refractivity contribution in [2.75, 3.05) is 0 Å². The third-order valence-electron chi connectivity index (χ3n) is 5.21. The maximum Gasteiger partial charge on any atom is 0.312 e. The Kier molecular flexibility index (Phi) is 6.86. The van der Waals surface area contributed by atoms with Crippen molar-refractivity contribution in [1.82, 2.24) is 10.6 Å². The monoisotopic (exact) mass is 401 g/mol. The zero-order chi connectivity index (χ0) is 21.5. The molecule has 2 atom stereocenters. The second-order valence-electron chi connectivity index (χ2n) is 7.43. The number of hydrogen-bond acceptors (Lipinski definition) is 2. The predicted octanol–water partition coefficient (Wildman–Crippen LogP) is 4.31. The highest BCUT2D eigenvalue weighted by molar-refractivity contribution is 5.79. The highest BCUT2D eigenvalue weighted by Crippen LogP contribution is 2.25. The molecule has 0 bridgehead atoms. The maximum atomic E-state index is 13.0. The van der Waals surface area contributed by atoms with Crippen molar-refractivity contribution in [2.24, 2.45) is 5.73 Å². The molecule has 5 nitrogen and oxygen atoms in total. The molecular formula is C25H27N3O2. The summed E-state index contributed by atoms with van der Waals surface area (Å²) in [5.74, 6) is -0.176. The SMILES string of the molecule is Cc1ccc([C@H](NC(=O)C[C@H](NC(N)=O)c2ccccc2)c2ccccc2)cc1C. The third-order valence-corrected chi connectivity index (χ3v) is 5.21. The summed E-state index contributed by atoms with van der Waals surface area (Å²) in [5, 5.41) is 5.81. The van der Waals surface area contributed by atoms with Crippen molar-refractivity contribution in [2.45, 2.75) is 32.4 Å². The zero-order valence-electron chi connectivity index (χ0n) is 17.3. The summed E-state index contributed by atoms with van der Waals surface area (Å²) in [7, 11) is 0. The molecule has 3 rings (SSSR count). The topological polar surface area (TPSA) is 84.2 Å². The third kappa shape index (κ3) is 5.47. The summed E-state index contributed by atoms with van der Waals surface area (Å²) < 4.78 is 0. The Morgan fingerprint density at radius 3 is 1.93 bits per heavy atom. The lowest BCUT2D eigenvalue weighted by atomic mass is 9.95. The molecule has 0 radical (unpaired) electrons. The van der Waals surface area contributed by atoms with Gasteiger partial charge in [0, 0.05) is 0 Å². The number of nitrogens with two attached hydrogens (primary N) is 1. The maximum absolute atomic E-state index is 13.0. The second kappa shape index (κ2) is 9.74. The molecule has 3 aromatic rings. The van der Waals surface area contributed by atoms with Crippen molar-refractivity contribution < 1.29 is 9.59 Å². The molecule has 0 heterocycles. The first-order valence-corrected chi connectivity index (χ1v) is 9.96. The highest BCUT2D eigenvalue weighted by Gasteiger charge is 2.22. The van der Waals surface area contributed by atoms with Gasteiger partial charge in [-0.15, -0.1) is 0 Å². The highest BCUT2D eigenvalue weighted by atomic mass is 16.2. The first-order valence-electron chi connectivity index (χ1n) is 9.96. The lowest BCUT2D eigenvalue weighted by Gasteiger charge is -2.23. The minimum absolute atomic E-state index is 0.0845. The van der Waals surface area contributed by atoms with Gasteiger partial charge in [0.25, 0.3) is 0 Å². The molecule has 154 valence electrons. The Morgan fingerprint density at radius 2 is 1.37 bits per heavy atom. The van der Waals surface area contributed by atoms with E-state index in [-0.39, 0.29) is 18.4 Å². The number of primary amides is 1. The van der Waals surface area contributed by atoms with Crippen molar-refractivity contribution in [3.8, 4) is 0 Å². The number of nitrogens with one attached hydrogen (secondary N) is 2. The van der Waals surface area contributed by atoms with Crippen molar-refractivity contribution in [3.63, 3.8) is 0 Å². The molecule has 0 aliphatic heterocycles. The van der Waals surface area contributed by atoms with Gasteiger partial charge in [0.15, 0.2) is 0 Å². The van der Waals surface area contributed by atoms with Gasteiger partial charge in [-0.3, -0.25) is 4.79 Å². The van der Waals surface area contributed by atoms with Crippen molar-refractivity contribution >= 4 is 11.9 Å². The van der Waals surface area contributed by atoms with E-state index in [1.54, 1.807) is 0 Å². The van der Waals surface area contributed by atoms with Gasteiger partial charge < -0.3 is 16.4 Å². The van der Waals surface area contributed by atoms with Crippen molar-refractivity contribution in [3.05, 3.63) is 107 Å². The van der Waals surface area contributed by atoms with E-state index in [0.29, 0.717) is 0 Å². The Morgan fingerprint density at radius 1 is 0.767 bits per heavy atom. The van der Waals surface area contributed by atoms with Gasteiger partial charge in [-0.2, -0.15) is 0 Å². The van der Waals surface area contributed by atoms with E-state index in [0.717, 1.165) is 16.7 Å². The van der Waals surface area contributed by atoms with E-state index in [1.807, 2.05) is 66.7 Å². The summed E-state index contributed by atoms with van der Waals surface area (Å²) >= 11 is 0. The van der Waals surface area contributed by atoms with Gasteiger partial charge >= 0.3 is 6.03 Å². The molecular weight excluding hydrogens is 374 g/mol. The van der Waals surface area contributed by atoms with Crippen LogP contribution in [0.25, 0.3) is 0 Å². The van der Waals surface area contributed by atoms with Crippen LogP contribution in [0.1, 0.15) is 46.3 Å². The molecule has 5 heteroatoms. The number of rotatable bonds is 7. The quantitative estimate of drug-likeness (QED) is 0.551. The fraction of sp³-hybridized carbons (Fsp3) is 0.200. The van der Waals surface area contributed by atoms with Gasteiger partial charge in [-0.1, -0.05) is 78.9 Å². The molecule has 3 aromatic carbocycles. The van der Waals surface area contributed by atoms with E-state index in [4.69, 9.17) is 5.73 Å². The summed E-state index contributed by atoms with van der Waals surface area (Å²) in [5.41, 5.74) is 10.5. The molecule has 30 heavy (non-hydrogen) atoms. The van der Waals surface area contributed by atoms with Crippen LogP contribution in [0.5, 0.6) is 0 Å². The van der Waals surface area contributed by atoms with E-state index in [9.17, 15) is 9.59 Å². The number of benzene rings is 3. The van der Waals surface area contributed by atoms with Gasteiger partial charge in [-0.05, 0) is 41.7 Å². The standard InChI is InChI=1S/C25H27N3O2/c1-17-13-14-21(15-18(17)2)24(20-11-7-4-8-12-20)28-23(29)16-22(27-25(26)30)19-9-5-3-6-10-19/h3-15,22,24H,16H2,1-2H3,(H,28,29)(H3,26,27,30)/t22-,24+/m0/s1. The molecule has 0 unspecified atom stereocenters. The predicted molar refractivity (Wildman–Crippen MR) is 119 cm³/mol. The lowest BCUT2D eigenvalue weighted by Crippen LogP contribution is -2.37. The number of aryl methyl sites for hydroxylation is 2. The molecule has 3 amide bonds. The van der Waals surface area contributed by atoms with E-state index >= 15 is 0 Å². The lowest BCUT2D eigenvalue weighted by molar-refractivity contribution is -0.122. The fourth-order valence-electron chi connectivity index (χ4n) is 3.46. The van der Waals surface area contributed by atoms with Crippen LogP contribution in [-0.4, -0.2) is 11.9 Å². The Hall–Kier alpha value is -3.60. The van der Waals surface area contributed by atoms with Crippen LogP contribution >= 0.6 is 0 Å². The van der Waals surface area contributed by atoms with Crippen LogP contribution < -0.4 is 16.4 Å². The van der Waals surface area contributed by atoms with Crippen LogP contribution in [0.15, 0.2) is 78.9 Å². The van der Waals surface area contributed by atoms with Crippen LogP contribution in [-0.2, 0) is 4.79 Å². The van der Waals surface area contributed by atoms with Crippen LogP contribution in [0, 0.1) is 13.8 Å². The molecule has 0 aliphatic rings. The Labute approximate surface area is 177 Å². The van der Waals surface area contributed by atoms with Gasteiger partial charge in [0.2, 0.25) is 5.91 Å². The smallest absolute Gasteiger partial charge is 0.312 e. The fourth-order valence-corrected chi connectivity index (χ4v) is 3.46. The summed E-state index contributed by atoms with van der Waals surface area (Å²) in [6.07, 6.45) is 0.0845. The van der Waals surface area contributed by atoms with Crippen LogP contribution in [0.4, 0.5) is 4.79 Å². The Balaban J connectivity index is 1.85. The van der Waals surface area contributed by atoms with Crippen LogP contribution in [0.2, 0.25) is 0 Å². The molecule has 0 spiro atoms. The van der Waals surface area contributed by atoms with E-state index < -0.39 is 12.1 Å². The summed E-state index contributed by atoms with van der Waals surface area (Å²) in [6, 6.07) is 24.0. The number of hydrogen-bond donors (Lipinski definition) is 3. The molecule has 0 saturated heterocycles. The zero-order valence-corrected chi connectivity index (χ0v) is 17.3. The second-order valence-corrected chi connectivity index (χ2v) is 7.43. The van der Waals surface area contributed by atoms with Crippen LogP contribution in [0.3, 0.4) is 0 Å². The molecule has 4 N–H and O–H groups in total. The average Bonchev–Trinajstić information content (AvgIpc) is 2.74. The normalized spacial score (nSPS) is 12.6. The molecule has 0 saturated carbocycles. The largest absolute Gasteiger partial charge is 0.352 e. The van der Waals surface area contributed by atoms with Gasteiger partial charge in [0.05, 0.1) is 18.5 Å².